The van der Waals surface area contributed by atoms with E-state index in [1.807, 2.05) is 6.92 Å². The Morgan fingerprint density at radius 3 is 2.62 bits per heavy atom. The average Bonchev–Trinajstić information content (AvgIpc) is 2.60. The molecule has 0 saturated heterocycles. The van der Waals surface area contributed by atoms with Crippen LogP contribution in [0, 0.1) is 12.7 Å². The predicted molar refractivity (Wildman–Crippen MR) is 58.7 cm³/mol. The minimum absolute atomic E-state index is 0.336. The minimum Gasteiger partial charge on any atom is -0.298 e. The van der Waals surface area contributed by atoms with Crippen LogP contribution in [-0.4, -0.2) is 16.1 Å². The first-order chi connectivity index (χ1) is 7.63. The molecule has 1 aromatic carbocycles. The summed E-state index contributed by atoms with van der Waals surface area (Å²) in [4.78, 5) is 10.5. The summed E-state index contributed by atoms with van der Waals surface area (Å²) < 4.78 is 15.4. The van der Waals surface area contributed by atoms with Gasteiger partial charge in [-0.25, -0.2) is 4.39 Å². The van der Waals surface area contributed by atoms with Crippen LogP contribution in [0.15, 0.2) is 24.4 Å². The third-order valence-corrected chi connectivity index (χ3v) is 2.65. The van der Waals surface area contributed by atoms with Gasteiger partial charge in [0.15, 0.2) is 0 Å². The molecule has 0 aliphatic rings. The molecule has 16 heavy (non-hydrogen) atoms. The largest absolute Gasteiger partial charge is 0.298 e. The number of aromatic nitrogens is 2. The van der Waals surface area contributed by atoms with E-state index >= 15 is 0 Å². The van der Waals surface area contributed by atoms with E-state index in [4.69, 9.17) is 0 Å². The van der Waals surface area contributed by atoms with Gasteiger partial charge in [0.25, 0.3) is 0 Å². The molecule has 1 heterocycles. The molecule has 1 aromatic heterocycles. The first kappa shape index (κ1) is 10.5. The quantitative estimate of drug-likeness (QED) is 0.725. The molecule has 3 nitrogen and oxygen atoms in total. The molecule has 0 atom stereocenters. The maximum absolute atomic E-state index is 13.7. The van der Waals surface area contributed by atoms with Crippen LogP contribution in [0.2, 0.25) is 0 Å². The Kier molecular flexibility index (Phi) is 2.56. The molecule has 4 heteroatoms. The Bertz CT molecular complexity index is 546. The topological polar surface area (TPSA) is 34.9 Å². The van der Waals surface area contributed by atoms with Gasteiger partial charge in [-0.2, -0.15) is 5.10 Å². The highest BCUT2D eigenvalue weighted by molar-refractivity contribution is 5.77. The molecule has 2 aromatic rings. The zero-order chi connectivity index (χ0) is 11.7. The molecule has 0 aliphatic carbocycles. The van der Waals surface area contributed by atoms with Crippen LogP contribution < -0.4 is 0 Å². The van der Waals surface area contributed by atoms with Gasteiger partial charge >= 0.3 is 0 Å². The Morgan fingerprint density at radius 2 is 2.12 bits per heavy atom. The average molecular weight is 218 g/mol. The number of hydrogen-bond acceptors (Lipinski definition) is 2. The van der Waals surface area contributed by atoms with E-state index in [0.29, 0.717) is 17.4 Å². The highest BCUT2D eigenvalue weighted by Crippen LogP contribution is 2.25. The van der Waals surface area contributed by atoms with Crippen LogP contribution in [0.3, 0.4) is 0 Å². The van der Waals surface area contributed by atoms with Crippen molar-refractivity contribution in [2.24, 2.45) is 7.05 Å². The van der Waals surface area contributed by atoms with Gasteiger partial charge in [0.2, 0.25) is 0 Å². The van der Waals surface area contributed by atoms with Crippen LogP contribution >= 0.6 is 0 Å². The first-order valence-electron chi connectivity index (χ1n) is 4.87. The normalized spacial score (nSPS) is 10.4. The van der Waals surface area contributed by atoms with Crippen molar-refractivity contribution >= 4 is 6.29 Å². The molecule has 0 N–H and O–H groups in total. The van der Waals surface area contributed by atoms with E-state index in [1.165, 1.54) is 6.07 Å². The zero-order valence-corrected chi connectivity index (χ0v) is 9.07. The number of rotatable bonds is 2. The number of carbonyl (C=O) groups is 1. The molecule has 0 bridgehead atoms. The number of nitrogens with zero attached hydrogens (tertiary/aromatic N) is 2. The van der Waals surface area contributed by atoms with E-state index in [9.17, 15) is 9.18 Å². The van der Waals surface area contributed by atoms with E-state index in [-0.39, 0.29) is 0 Å². The fourth-order valence-electron chi connectivity index (χ4n) is 1.59. The molecule has 82 valence electrons. The lowest BCUT2D eigenvalue weighted by molar-refractivity contribution is 0.112. The van der Waals surface area contributed by atoms with Crippen molar-refractivity contribution in [3.05, 3.63) is 41.5 Å². The summed E-state index contributed by atoms with van der Waals surface area (Å²) in [6.07, 6.45) is 2.25. The Balaban J connectivity index is 2.56. The molecular formula is C12H11FN2O. The molecule has 0 aliphatic heterocycles. The molecule has 0 amide bonds. The third-order valence-electron chi connectivity index (χ3n) is 2.65. The van der Waals surface area contributed by atoms with Crippen LogP contribution in [-0.2, 0) is 7.05 Å². The number of carbonyl (C=O) groups excluding carboxylic acids is 1. The van der Waals surface area contributed by atoms with E-state index in [1.54, 1.807) is 30.1 Å². The summed E-state index contributed by atoms with van der Waals surface area (Å²) in [5.74, 6) is -0.402. The number of aryl methyl sites for hydroxylation is 1. The fourth-order valence-corrected chi connectivity index (χ4v) is 1.59. The van der Waals surface area contributed by atoms with Gasteiger partial charge in [-0.3, -0.25) is 9.48 Å². The van der Waals surface area contributed by atoms with E-state index in [2.05, 4.69) is 5.10 Å². The van der Waals surface area contributed by atoms with Gasteiger partial charge in [0, 0.05) is 29.4 Å². The molecular weight excluding hydrogens is 207 g/mol. The Morgan fingerprint density at radius 1 is 1.38 bits per heavy atom. The molecule has 2 rings (SSSR count). The van der Waals surface area contributed by atoms with Crippen LogP contribution in [0.5, 0.6) is 0 Å². The van der Waals surface area contributed by atoms with Crippen molar-refractivity contribution in [2.75, 3.05) is 0 Å². The maximum Gasteiger partial charge on any atom is 0.150 e. The standard InChI is InChI=1S/C12H11FN2O/c1-8-11(6-14-15(8)2)10-4-3-9(7-16)5-12(10)13/h3-7H,1-2H3. The van der Waals surface area contributed by atoms with Gasteiger partial charge in [0.05, 0.1) is 6.20 Å². The molecule has 0 fully saturated rings. The van der Waals surface area contributed by atoms with Crippen molar-refractivity contribution in [2.45, 2.75) is 6.92 Å². The lowest BCUT2D eigenvalue weighted by Crippen LogP contribution is -1.93. The van der Waals surface area contributed by atoms with Crippen molar-refractivity contribution < 1.29 is 9.18 Å². The molecule has 0 radical (unpaired) electrons. The minimum atomic E-state index is -0.402. The SMILES string of the molecule is Cc1c(-c2ccc(C=O)cc2F)cnn1C. The number of hydrogen-bond donors (Lipinski definition) is 0. The smallest absolute Gasteiger partial charge is 0.150 e. The van der Waals surface area contributed by atoms with Crippen LogP contribution in [0.4, 0.5) is 4.39 Å². The van der Waals surface area contributed by atoms with Crippen LogP contribution in [0.1, 0.15) is 16.1 Å². The van der Waals surface area contributed by atoms with E-state index in [0.717, 1.165) is 11.3 Å². The maximum atomic E-state index is 13.7. The summed E-state index contributed by atoms with van der Waals surface area (Å²) in [6, 6.07) is 4.43. The van der Waals surface area contributed by atoms with Crippen molar-refractivity contribution in [1.29, 1.82) is 0 Å². The summed E-state index contributed by atoms with van der Waals surface area (Å²) in [5.41, 5.74) is 2.44. The molecule has 0 spiro atoms. The monoisotopic (exact) mass is 218 g/mol. The Hall–Kier alpha value is -1.97. The van der Waals surface area contributed by atoms with Gasteiger partial charge < -0.3 is 0 Å². The number of aldehydes is 1. The highest BCUT2D eigenvalue weighted by atomic mass is 19.1. The first-order valence-corrected chi connectivity index (χ1v) is 4.87. The second kappa shape index (κ2) is 3.89. The number of halogens is 1. The van der Waals surface area contributed by atoms with Gasteiger partial charge in [-0.1, -0.05) is 12.1 Å². The summed E-state index contributed by atoms with van der Waals surface area (Å²) in [7, 11) is 1.80. The van der Waals surface area contributed by atoms with Crippen molar-refractivity contribution in [3.63, 3.8) is 0 Å². The summed E-state index contributed by atoms with van der Waals surface area (Å²) in [5, 5.41) is 4.06. The Labute approximate surface area is 92.5 Å². The summed E-state index contributed by atoms with van der Waals surface area (Å²) >= 11 is 0. The van der Waals surface area contributed by atoms with Gasteiger partial charge in [-0.05, 0) is 13.0 Å². The van der Waals surface area contributed by atoms with Crippen LogP contribution in [0.25, 0.3) is 11.1 Å². The van der Waals surface area contributed by atoms with Crippen molar-refractivity contribution in [3.8, 4) is 11.1 Å². The lowest BCUT2D eigenvalue weighted by Gasteiger charge is -2.03. The second-order valence-electron chi connectivity index (χ2n) is 3.62. The summed E-state index contributed by atoms with van der Waals surface area (Å²) in [6.45, 7) is 1.87. The lowest BCUT2D eigenvalue weighted by atomic mass is 10.0. The van der Waals surface area contributed by atoms with Gasteiger partial charge in [0.1, 0.15) is 12.1 Å². The highest BCUT2D eigenvalue weighted by Gasteiger charge is 2.11. The second-order valence-corrected chi connectivity index (χ2v) is 3.62. The van der Waals surface area contributed by atoms with Gasteiger partial charge in [-0.15, -0.1) is 0 Å². The zero-order valence-electron chi connectivity index (χ0n) is 9.07. The number of benzene rings is 1. The third kappa shape index (κ3) is 1.62. The van der Waals surface area contributed by atoms with E-state index < -0.39 is 5.82 Å². The molecule has 0 saturated carbocycles. The molecule has 0 unspecified atom stereocenters. The van der Waals surface area contributed by atoms with Crippen molar-refractivity contribution in [1.82, 2.24) is 9.78 Å². The predicted octanol–water partition coefficient (Wildman–Crippen LogP) is 2.35. The fraction of sp³-hybridized carbons (Fsp3) is 0.167.